The van der Waals surface area contributed by atoms with E-state index in [1.54, 1.807) is 12.1 Å². The number of benzene rings is 1. The van der Waals surface area contributed by atoms with Crippen molar-refractivity contribution in [3.63, 3.8) is 0 Å². The SMILES string of the molecule is O=C(NC1(CO)CCC1)C1(c2ccc(F)cc2)CC1. The van der Waals surface area contributed by atoms with Crippen LogP contribution >= 0.6 is 0 Å². The lowest BCUT2D eigenvalue weighted by Gasteiger charge is -2.42. The molecular weight excluding hydrogens is 245 g/mol. The predicted molar refractivity (Wildman–Crippen MR) is 69.1 cm³/mol. The molecule has 0 spiro atoms. The summed E-state index contributed by atoms with van der Waals surface area (Å²) in [6.07, 6.45) is 4.33. The average molecular weight is 263 g/mol. The van der Waals surface area contributed by atoms with Gasteiger partial charge in [-0.2, -0.15) is 0 Å². The molecule has 4 heteroatoms. The Morgan fingerprint density at radius 3 is 2.26 bits per heavy atom. The highest BCUT2D eigenvalue weighted by Gasteiger charge is 2.53. The Labute approximate surface area is 111 Å². The first-order chi connectivity index (χ1) is 9.10. The Morgan fingerprint density at radius 2 is 1.84 bits per heavy atom. The van der Waals surface area contributed by atoms with Crippen molar-refractivity contribution >= 4 is 5.91 Å². The van der Waals surface area contributed by atoms with Crippen LogP contribution in [0.5, 0.6) is 0 Å². The molecule has 1 aromatic carbocycles. The van der Waals surface area contributed by atoms with Crippen LogP contribution in [0.15, 0.2) is 24.3 Å². The minimum Gasteiger partial charge on any atom is -0.394 e. The molecule has 102 valence electrons. The minimum atomic E-state index is -0.495. The number of halogens is 1. The third kappa shape index (κ3) is 2.04. The van der Waals surface area contributed by atoms with Gasteiger partial charge < -0.3 is 10.4 Å². The smallest absolute Gasteiger partial charge is 0.231 e. The molecule has 2 aliphatic rings. The Balaban J connectivity index is 1.77. The molecule has 3 nitrogen and oxygen atoms in total. The van der Waals surface area contributed by atoms with E-state index in [9.17, 15) is 14.3 Å². The fraction of sp³-hybridized carbons (Fsp3) is 0.533. The van der Waals surface area contributed by atoms with Crippen molar-refractivity contribution in [2.45, 2.75) is 43.1 Å². The zero-order valence-electron chi connectivity index (χ0n) is 10.8. The van der Waals surface area contributed by atoms with E-state index in [2.05, 4.69) is 5.32 Å². The van der Waals surface area contributed by atoms with Gasteiger partial charge in [-0.15, -0.1) is 0 Å². The molecule has 3 rings (SSSR count). The largest absolute Gasteiger partial charge is 0.394 e. The summed E-state index contributed by atoms with van der Waals surface area (Å²) in [6, 6.07) is 6.17. The lowest BCUT2D eigenvalue weighted by molar-refractivity contribution is -0.127. The summed E-state index contributed by atoms with van der Waals surface area (Å²) in [5, 5.41) is 12.4. The van der Waals surface area contributed by atoms with Crippen molar-refractivity contribution in [3.05, 3.63) is 35.6 Å². The van der Waals surface area contributed by atoms with Crippen LogP contribution in [0.25, 0.3) is 0 Å². The summed E-state index contributed by atoms with van der Waals surface area (Å²) in [5.74, 6) is -0.307. The van der Waals surface area contributed by atoms with E-state index in [0.29, 0.717) is 0 Å². The van der Waals surface area contributed by atoms with E-state index in [0.717, 1.165) is 37.7 Å². The summed E-state index contributed by atoms with van der Waals surface area (Å²) < 4.78 is 13.0. The zero-order chi connectivity index (χ0) is 13.5. The number of hydrogen-bond donors (Lipinski definition) is 2. The van der Waals surface area contributed by atoms with E-state index >= 15 is 0 Å². The Hall–Kier alpha value is -1.42. The lowest BCUT2D eigenvalue weighted by Crippen LogP contribution is -2.58. The van der Waals surface area contributed by atoms with Crippen molar-refractivity contribution in [1.29, 1.82) is 0 Å². The van der Waals surface area contributed by atoms with Gasteiger partial charge in [0.1, 0.15) is 5.82 Å². The molecule has 0 saturated heterocycles. The second-order valence-electron chi connectivity index (χ2n) is 5.84. The van der Waals surface area contributed by atoms with Crippen LogP contribution in [0, 0.1) is 5.82 Å². The first kappa shape index (κ1) is 12.6. The Bertz CT molecular complexity index is 484. The summed E-state index contributed by atoms with van der Waals surface area (Å²) >= 11 is 0. The number of carbonyl (C=O) groups is 1. The maximum atomic E-state index is 13.0. The molecule has 0 aromatic heterocycles. The van der Waals surface area contributed by atoms with Crippen LogP contribution in [0.2, 0.25) is 0 Å². The molecule has 0 aliphatic heterocycles. The number of rotatable bonds is 4. The number of nitrogens with one attached hydrogen (secondary N) is 1. The third-order valence-electron chi connectivity index (χ3n) is 4.57. The normalized spacial score (nSPS) is 22.4. The lowest BCUT2D eigenvalue weighted by atomic mass is 9.76. The maximum Gasteiger partial charge on any atom is 0.231 e. The number of hydrogen-bond acceptors (Lipinski definition) is 2. The minimum absolute atomic E-state index is 0.00175. The molecule has 2 saturated carbocycles. The maximum absolute atomic E-state index is 13.0. The molecule has 0 bridgehead atoms. The van der Waals surface area contributed by atoms with Gasteiger partial charge in [0.2, 0.25) is 5.91 Å². The Morgan fingerprint density at radius 1 is 1.21 bits per heavy atom. The van der Waals surface area contributed by atoms with Crippen molar-refractivity contribution in [3.8, 4) is 0 Å². The van der Waals surface area contributed by atoms with E-state index in [1.165, 1.54) is 12.1 Å². The van der Waals surface area contributed by atoms with Crippen LogP contribution in [-0.2, 0) is 10.2 Å². The van der Waals surface area contributed by atoms with Crippen LogP contribution in [-0.4, -0.2) is 23.2 Å². The van der Waals surface area contributed by atoms with Crippen LogP contribution in [0.3, 0.4) is 0 Å². The van der Waals surface area contributed by atoms with Gasteiger partial charge in [0.05, 0.1) is 17.6 Å². The number of amides is 1. The predicted octanol–water partition coefficient (Wildman–Crippen LogP) is 1.89. The summed E-state index contributed by atoms with van der Waals surface area (Å²) in [4.78, 5) is 12.5. The molecule has 2 aliphatic carbocycles. The zero-order valence-corrected chi connectivity index (χ0v) is 10.8. The molecule has 1 aromatic rings. The van der Waals surface area contributed by atoms with Crippen molar-refractivity contribution in [2.75, 3.05) is 6.61 Å². The molecule has 0 heterocycles. The van der Waals surface area contributed by atoms with E-state index < -0.39 is 11.0 Å². The third-order valence-corrected chi connectivity index (χ3v) is 4.57. The van der Waals surface area contributed by atoms with Gasteiger partial charge in [0, 0.05) is 0 Å². The summed E-state index contributed by atoms with van der Waals surface area (Å²) in [6.45, 7) is -0.00175. The van der Waals surface area contributed by atoms with E-state index in [4.69, 9.17) is 0 Å². The molecule has 0 unspecified atom stereocenters. The molecule has 0 atom stereocenters. The molecule has 19 heavy (non-hydrogen) atoms. The van der Waals surface area contributed by atoms with E-state index in [1.807, 2.05) is 0 Å². The van der Waals surface area contributed by atoms with Crippen LogP contribution in [0.4, 0.5) is 4.39 Å². The van der Waals surface area contributed by atoms with Crippen molar-refractivity contribution in [1.82, 2.24) is 5.32 Å². The number of aliphatic hydroxyl groups excluding tert-OH is 1. The van der Waals surface area contributed by atoms with Gasteiger partial charge >= 0.3 is 0 Å². The fourth-order valence-electron chi connectivity index (χ4n) is 2.83. The van der Waals surface area contributed by atoms with Crippen LogP contribution < -0.4 is 5.32 Å². The Kier molecular flexibility index (Phi) is 2.86. The fourth-order valence-corrected chi connectivity index (χ4v) is 2.83. The molecule has 0 radical (unpaired) electrons. The van der Waals surface area contributed by atoms with Gasteiger partial charge in [-0.05, 0) is 49.8 Å². The van der Waals surface area contributed by atoms with Gasteiger partial charge in [-0.25, -0.2) is 4.39 Å². The standard InChI is InChI=1S/C15H18FNO2/c16-12-4-2-11(3-5-12)15(8-9-15)13(19)17-14(10-18)6-1-7-14/h2-5,18H,1,6-10H2,(H,17,19). The first-order valence-electron chi connectivity index (χ1n) is 6.80. The molecular formula is C15H18FNO2. The second-order valence-corrected chi connectivity index (χ2v) is 5.84. The second kappa shape index (κ2) is 4.30. The topological polar surface area (TPSA) is 49.3 Å². The summed E-state index contributed by atoms with van der Waals surface area (Å²) in [5.41, 5.74) is -0.0307. The highest BCUT2D eigenvalue weighted by atomic mass is 19.1. The molecule has 2 fully saturated rings. The number of aliphatic hydroxyl groups is 1. The van der Waals surface area contributed by atoms with Gasteiger partial charge in [0.15, 0.2) is 0 Å². The van der Waals surface area contributed by atoms with Gasteiger partial charge in [-0.3, -0.25) is 4.79 Å². The van der Waals surface area contributed by atoms with Crippen LogP contribution in [0.1, 0.15) is 37.7 Å². The van der Waals surface area contributed by atoms with Crippen molar-refractivity contribution in [2.24, 2.45) is 0 Å². The van der Waals surface area contributed by atoms with Crippen molar-refractivity contribution < 1.29 is 14.3 Å². The van der Waals surface area contributed by atoms with E-state index in [-0.39, 0.29) is 18.3 Å². The molecule has 1 amide bonds. The summed E-state index contributed by atoms with van der Waals surface area (Å²) in [7, 11) is 0. The first-order valence-corrected chi connectivity index (χ1v) is 6.80. The highest BCUT2D eigenvalue weighted by Crippen LogP contribution is 2.49. The number of carbonyl (C=O) groups excluding carboxylic acids is 1. The van der Waals surface area contributed by atoms with Gasteiger partial charge in [0.25, 0.3) is 0 Å². The average Bonchev–Trinajstić information content (AvgIpc) is 3.16. The highest BCUT2D eigenvalue weighted by molar-refractivity contribution is 5.91. The quantitative estimate of drug-likeness (QED) is 0.871. The monoisotopic (exact) mass is 263 g/mol. The van der Waals surface area contributed by atoms with Gasteiger partial charge in [-0.1, -0.05) is 12.1 Å². The molecule has 2 N–H and O–H groups in total.